The third-order valence-corrected chi connectivity index (χ3v) is 5.37. The van der Waals surface area contributed by atoms with E-state index in [-0.39, 0.29) is 0 Å². The first kappa shape index (κ1) is 18.7. The number of aromatic nitrogens is 4. The number of hydrogen-bond acceptors (Lipinski definition) is 6. The smallest absolute Gasteiger partial charge is 0.141 e. The summed E-state index contributed by atoms with van der Waals surface area (Å²) in [4.78, 5) is 17.4. The molecule has 0 aliphatic heterocycles. The van der Waals surface area contributed by atoms with E-state index in [4.69, 9.17) is 4.74 Å². The quantitative estimate of drug-likeness (QED) is 0.301. The van der Waals surface area contributed by atoms with Gasteiger partial charge >= 0.3 is 0 Å². The maximum Gasteiger partial charge on any atom is 0.141 e. The SMILES string of the molecule is Cc1cc(Nc2ncnc3ccc(I)cc23)ccc1Oc1ccc2nccnc2c1. The van der Waals surface area contributed by atoms with E-state index < -0.39 is 0 Å². The molecule has 5 aromatic rings. The van der Waals surface area contributed by atoms with Gasteiger partial charge < -0.3 is 10.1 Å². The number of anilines is 2. The predicted molar refractivity (Wildman–Crippen MR) is 126 cm³/mol. The molecule has 3 aromatic carbocycles. The lowest BCUT2D eigenvalue weighted by Gasteiger charge is -2.13. The van der Waals surface area contributed by atoms with Crippen molar-refractivity contribution in [2.45, 2.75) is 6.92 Å². The van der Waals surface area contributed by atoms with Crippen LogP contribution in [0.3, 0.4) is 0 Å². The van der Waals surface area contributed by atoms with E-state index in [1.807, 2.05) is 55.5 Å². The number of halogens is 1. The molecule has 2 aromatic heterocycles. The van der Waals surface area contributed by atoms with Crippen molar-refractivity contribution >= 4 is 56.0 Å². The van der Waals surface area contributed by atoms with Gasteiger partial charge in [-0.15, -0.1) is 0 Å². The van der Waals surface area contributed by atoms with E-state index in [0.29, 0.717) is 0 Å². The monoisotopic (exact) mass is 505 g/mol. The minimum atomic E-state index is 0.725. The zero-order valence-electron chi connectivity index (χ0n) is 16.0. The fraction of sp³-hybridized carbons (Fsp3) is 0.0435. The third kappa shape index (κ3) is 3.76. The van der Waals surface area contributed by atoms with Crippen LogP contribution in [0.15, 0.2) is 73.3 Å². The number of aryl methyl sites for hydroxylation is 1. The third-order valence-electron chi connectivity index (χ3n) is 4.70. The van der Waals surface area contributed by atoms with Crippen LogP contribution in [0.1, 0.15) is 5.56 Å². The number of fused-ring (bicyclic) bond motifs is 2. The van der Waals surface area contributed by atoms with Crippen molar-refractivity contribution in [2.75, 3.05) is 5.32 Å². The standard InChI is InChI=1S/C23H16IN5O/c1-14-10-16(29-23-18-11-15(24)2-5-19(18)27-13-28-23)3-7-22(14)30-17-4-6-20-21(12-17)26-9-8-25-20/h2-13H,1H3,(H,27,28,29). The van der Waals surface area contributed by atoms with E-state index in [2.05, 4.69) is 53.9 Å². The number of ether oxygens (including phenoxy) is 1. The van der Waals surface area contributed by atoms with Crippen LogP contribution in [0, 0.1) is 10.5 Å². The number of nitrogens with one attached hydrogen (secondary N) is 1. The molecular formula is C23H16IN5O. The zero-order chi connectivity index (χ0) is 20.5. The fourth-order valence-electron chi connectivity index (χ4n) is 3.24. The lowest BCUT2D eigenvalue weighted by atomic mass is 10.2. The molecule has 7 heteroatoms. The topological polar surface area (TPSA) is 72.8 Å². The Hall–Kier alpha value is -3.33. The van der Waals surface area contributed by atoms with E-state index in [9.17, 15) is 0 Å². The molecule has 0 aliphatic rings. The molecule has 0 atom stereocenters. The Morgan fingerprint density at radius 3 is 2.50 bits per heavy atom. The van der Waals surface area contributed by atoms with Crippen molar-refractivity contribution in [2.24, 2.45) is 0 Å². The van der Waals surface area contributed by atoms with Crippen molar-refractivity contribution < 1.29 is 4.74 Å². The normalized spacial score (nSPS) is 11.0. The van der Waals surface area contributed by atoms with Crippen molar-refractivity contribution in [1.29, 1.82) is 0 Å². The molecule has 0 radical (unpaired) electrons. The lowest BCUT2D eigenvalue weighted by molar-refractivity contribution is 0.479. The average molecular weight is 505 g/mol. The number of nitrogens with zero attached hydrogens (tertiary/aromatic N) is 4. The Balaban J connectivity index is 1.41. The van der Waals surface area contributed by atoms with Crippen LogP contribution in [0.25, 0.3) is 21.9 Å². The summed E-state index contributed by atoms with van der Waals surface area (Å²) in [7, 11) is 0. The lowest BCUT2D eigenvalue weighted by Crippen LogP contribution is -1.97. The Bertz CT molecular complexity index is 1390. The van der Waals surface area contributed by atoms with Crippen LogP contribution in [0.5, 0.6) is 11.5 Å². The summed E-state index contributed by atoms with van der Waals surface area (Å²) in [6.45, 7) is 2.02. The van der Waals surface area contributed by atoms with Gasteiger partial charge in [0.25, 0.3) is 0 Å². The van der Waals surface area contributed by atoms with Crippen molar-refractivity contribution in [3.8, 4) is 11.5 Å². The maximum absolute atomic E-state index is 6.09. The minimum Gasteiger partial charge on any atom is -0.457 e. The molecule has 0 aliphatic carbocycles. The van der Waals surface area contributed by atoms with Gasteiger partial charge in [-0.05, 0) is 83.6 Å². The molecule has 0 spiro atoms. The van der Waals surface area contributed by atoms with Crippen LogP contribution in [0.2, 0.25) is 0 Å². The summed E-state index contributed by atoms with van der Waals surface area (Å²) in [6, 6.07) is 17.8. The predicted octanol–water partition coefficient (Wildman–Crippen LogP) is 6.02. The molecule has 0 fully saturated rings. The fourth-order valence-corrected chi connectivity index (χ4v) is 3.73. The summed E-state index contributed by atoms with van der Waals surface area (Å²) in [5.74, 6) is 2.29. The van der Waals surface area contributed by atoms with Crippen molar-refractivity contribution in [3.63, 3.8) is 0 Å². The second-order valence-electron chi connectivity index (χ2n) is 6.80. The van der Waals surface area contributed by atoms with Crippen LogP contribution in [0.4, 0.5) is 11.5 Å². The highest BCUT2D eigenvalue weighted by atomic mass is 127. The largest absolute Gasteiger partial charge is 0.457 e. The number of hydrogen-bond donors (Lipinski definition) is 1. The van der Waals surface area contributed by atoms with E-state index in [1.165, 1.54) is 0 Å². The zero-order valence-corrected chi connectivity index (χ0v) is 18.2. The molecule has 0 unspecified atom stereocenters. The van der Waals surface area contributed by atoms with Gasteiger partial charge in [0.05, 0.1) is 16.6 Å². The Morgan fingerprint density at radius 1 is 0.800 bits per heavy atom. The number of rotatable bonds is 4. The van der Waals surface area contributed by atoms with Crippen LogP contribution >= 0.6 is 22.6 Å². The highest BCUT2D eigenvalue weighted by molar-refractivity contribution is 14.1. The first-order valence-corrected chi connectivity index (χ1v) is 10.4. The Morgan fingerprint density at radius 2 is 1.63 bits per heavy atom. The van der Waals surface area contributed by atoms with Gasteiger partial charge in [0, 0.05) is 33.1 Å². The molecule has 0 amide bonds. The highest BCUT2D eigenvalue weighted by Gasteiger charge is 2.08. The van der Waals surface area contributed by atoms with Gasteiger partial charge in [0.2, 0.25) is 0 Å². The summed E-state index contributed by atoms with van der Waals surface area (Å²) in [5, 5.41) is 4.39. The van der Waals surface area contributed by atoms with E-state index >= 15 is 0 Å². The van der Waals surface area contributed by atoms with Crippen LogP contribution in [-0.4, -0.2) is 19.9 Å². The molecule has 5 rings (SSSR count). The summed E-state index contributed by atoms with van der Waals surface area (Å²) in [6.07, 6.45) is 4.93. The Labute approximate surface area is 186 Å². The molecule has 2 heterocycles. The van der Waals surface area contributed by atoms with Gasteiger partial charge in [-0.25, -0.2) is 9.97 Å². The molecule has 0 saturated heterocycles. The van der Waals surface area contributed by atoms with Gasteiger partial charge in [-0.1, -0.05) is 0 Å². The Kier molecular flexibility index (Phi) is 4.88. The minimum absolute atomic E-state index is 0.725. The summed E-state index contributed by atoms with van der Waals surface area (Å²) >= 11 is 2.29. The average Bonchev–Trinajstić information content (AvgIpc) is 2.76. The molecule has 0 bridgehead atoms. The van der Waals surface area contributed by atoms with Gasteiger partial charge in [0.15, 0.2) is 0 Å². The van der Waals surface area contributed by atoms with Crippen LogP contribution < -0.4 is 10.1 Å². The number of benzene rings is 3. The highest BCUT2D eigenvalue weighted by Crippen LogP contribution is 2.31. The molecule has 6 nitrogen and oxygen atoms in total. The first-order chi connectivity index (χ1) is 14.7. The molecule has 30 heavy (non-hydrogen) atoms. The molecule has 146 valence electrons. The second kappa shape index (κ2) is 7.83. The molecular weight excluding hydrogens is 489 g/mol. The summed E-state index contributed by atoms with van der Waals surface area (Å²) < 4.78 is 7.22. The first-order valence-electron chi connectivity index (χ1n) is 9.32. The van der Waals surface area contributed by atoms with Gasteiger partial charge in [-0.3, -0.25) is 9.97 Å². The van der Waals surface area contributed by atoms with Gasteiger partial charge in [0.1, 0.15) is 23.6 Å². The van der Waals surface area contributed by atoms with Crippen molar-refractivity contribution in [1.82, 2.24) is 19.9 Å². The molecule has 1 N–H and O–H groups in total. The summed E-state index contributed by atoms with van der Waals surface area (Å²) in [5.41, 5.74) is 4.49. The van der Waals surface area contributed by atoms with Crippen molar-refractivity contribution in [3.05, 3.63) is 82.5 Å². The van der Waals surface area contributed by atoms with Crippen LogP contribution in [-0.2, 0) is 0 Å². The molecule has 0 saturated carbocycles. The van der Waals surface area contributed by atoms with E-state index in [1.54, 1.807) is 18.7 Å². The van der Waals surface area contributed by atoms with Gasteiger partial charge in [-0.2, -0.15) is 0 Å². The second-order valence-corrected chi connectivity index (χ2v) is 8.04. The van der Waals surface area contributed by atoms with E-state index in [0.717, 1.165) is 54.1 Å². The maximum atomic E-state index is 6.09.